The molecule has 2 heterocycles. The fourth-order valence-corrected chi connectivity index (χ4v) is 3.86. The Bertz CT molecular complexity index is 1030. The summed E-state index contributed by atoms with van der Waals surface area (Å²) in [6.07, 6.45) is 1.62. The number of aliphatic hydroxyl groups is 1. The molecule has 1 unspecified atom stereocenters. The molecule has 3 rings (SSSR count). The lowest BCUT2D eigenvalue weighted by Crippen LogP contribution is -2.12. The van der Waals surface area contributed by atoms with E-state index in [1.54, 1.807) is 13.1 Å². The van der Waals surface area contributed by atoms with Crippen LogP contribution in [0.5, 0.6) is 5.75 Å². The number of nitrogens with zero attached hydrogens (tertiary/aromatic N) is 3. The molecule has 0 aliphatic rings. The van der Waals surface area contributed by atoms with Crippen molar-refractivity contribution in [1.82, 2.24) is 15.2 Å². The van der Waals surface area contributed by atoms with Crippen LogP contribution in [0.15, 0.2) is 24.4 Å². The summed E-state index contributed by atoms with van der Waals surface area (Å²) in [5, 5.41) is 22.5. The Hall–Kier alpha value is -2.29. The Kier molecular flexibility index (Phi) is 7.23. The minimum atomic E-state index is -0.543. The van der Waals surface area contributed by atoms with Gasteiger partial charge in [0.05, 0.1) is 17.7 Å². The molecule has 9 heteroatoms. The van der Waals surface area contributed by atoms with Gasteiger partial charge in [-0.25, -0.2) is 9.37 Å². The maximum absolute atomic E-state index is 14.5. The zero-order valence-corrected chi connectivity index (χ0v) is 18.8. The number of pyridine rings is 1. The van der Waals surface area contributed by atoms with Crippen LogP contribution in [0.1, 0.15) is 32.8 Å². The molecule has 6 nitrogen and oxygen atoms in total. The molecule has 0 amide bonds. The monoisotopic (exact) mass is 450 g/mol. The third-order valence-electron chi connectivity index (χ3n) is 4.22. The van der Waals surface area contributed by atoms with E-state index < -0.39 is 11.9 Å². The van der Waals surface area contributed by atoms with Gasteiger partial charge in [0.25, 0.3) is 0 Å². The third-order valence-corrected chi connectivity index (χ3v) is 5.54. The van der Waals surface area contributed by atoms with E-state index in [1.165, 1.54) is 23.5 Å². The van der Waals surface area contributed by atoms with Crippen LogP contribution in [-0.4, -0.2) is 39.0 Å². The molecule has 0 spiro atoms. The SMILES string of the molecule is Cc1cc(-c2nnc(-c3cc(F)c(OCCC(C)O)cc3Cl)s2)cnc1NC(C)C. The molecule has 0 bridgehead atoms. The van der Waals surface area contributed by atoms with Gasteiger partial charge in [-0.2, -0.15) is 0 Å². The summed E-state index contributed by atoms with van der Waals surface area (Å²) in [5.41, 5.74) is 2.28. The Morgan fingerprint density at radius 2 is 1.93 bits per heavy atom. The zero-order chi connectivity index (χ0) is 21.8. The molecule has 1 atom stereocenters. The first kappa shape index (κ1) is 22.4. The van der Waals surface area contributed by atoms with Crippen LogP contribution >= 0.6 is 22.9 Å². The van der Waals surface area contributed by atoms with Crippen molar-refractivity contribution in [3.8, 4) is 26.9 Å². The lowest BCUT2D eigenvalue weighted by molar-refractivity contribution is 0.154. The highest BCUT2D eigenvalue weighted by Crippen LogP contribution is 2.37. The second-order valence-corrected chi connectivity index (χ2v) is 8.73. The summed E-state index contributed by atoms with van der Waals surface area (Å²) < 4.78 is 19.8. The first-order valence-corrected chi connectivity index (χ1v) is 10.8. The number of benzene rings is 1. The summed E-state index contributed by atoms with van der Waals surface area (Å²) in [4.78, 5) is 4.47. The highest BCUT2D eigenvalue weighted by molar-refractivity contribution is 7.18. The van der Waals surface area contributed by atoms with E-state index in [4.69, 9.17) is 16.3 Å². The maximum Gasteiger partial charge on any atom is 0.165 e. The van der Waals surface area contributed by atoms with Crippen LogP contribution in [0.3, 0.4) is 0 Å². The predicted molar refractivity (Wildman–Crippen MR) is 119 cm³/mol. The Labute approximate surface area is 184 Å². The van der Waals surface area contributed by atoms with E-state index in [-0.39, 0.29) is 18.4 Å². The molecule has 0 aliphatic carbocycles. The summed E-state index contributed by atoms with van der Waals surface area (Å²) >= 11 is 7.66. The smallest absolute Gasteiger partial charge is 0.165 e. The molecule has 30 heavy (non-hydrogen) atoms. The van der Waals surface area contributed by atoms with Crippen molar-refractivity contribution in [3.05, 3.63) is 40.8 Å². The molecular formula is C21H24ClFN4O2S. The van der Waals surface area contributed by atoms with Crippen molar-refractivity contribution in [2.45, 2.75) is 46.3 Å². The van der Waals surface area contributed by atoms with Gasteiger partial charge in [-0.1, -0.05) is 22.9 Å². The molecule has 0 fully saturated rings. The van der Waals surface area contributed by atoms with Crippen molar-refractivity contribution in [2.75, 3.05) is 11.9 Å². The molecule has 2 N–H and O–H groups in total. The fraction of sp³-hybridized carbons (Fsp3) is 0.381. The van der Waals surface area contributed by atoms with Crippen LogP contribution in [0, 0.1) is 12.7 Å². The molecular weight excluding hydrogens is 427 g/mol. The second-order valence-electron chi connectivity index (χ2n) is 7.35. The van der Waals surface area contributed by atoms with Crippen LogP contribution in [-0.2, 0) is 0 Å². The number of nitrogens with one attached hydrogen (secondary N) is 1. The van der Waals surface area contributed by atoms with Gasteiger partial charge >= 0.3 is 0 Å². The van der Waals surface area contributed by atoms with E-state index >= 15 is 0 Å². The third kappa shape index (κ3) is 5.44. The molecule has 160 valence electrons. The number of anilines is 1. The van der Waals surface area contributed by atoms with Gasteiger partial charge in [-0.3, -0.25) is 0 Å². The van der Waals surface area contributed by atoms with Gasteiger partial charge < -0.3 is 15.2 Å². The lowest BCUT2D eigenvalue weighted by Gasteiger charge is -2.11. The van der Waals surface area contributed by atoms with Crippen LogP contribution in [0.2, 0.25) is 5.02 Å². The van der Waals surface area contributed by atoms with Crippen molar-refractivity contribution in [3.63, 3.8) is 0 Å². The number of aromatic nitrogens is 3. The quantitative estimate of drug-likeness (QED) is 0.482. The van der Waals surface area contributed by atoms with Gasteiger partial charge in [0.15, 0.2) is 11.6 Å². The van der Waals surface area contributed by atoms with E-state index in [2.05, 4.69) is 34.3 Å². The highest BCUT2D eigenvalue weighted by atomic mass is 35.5. The van der Waals surface area contributed by atoms with Gasteiger partial charge in [0.1, 0.15) is 15.8 Å². The van der Waals surface area contributed by atoms with Crippen LogP contribution in [0.25, 0.3) is 21.1 Å². The van der Waals surface area contributed by atoms with Crippen LogP contribution in [0.4, 0.5) is 10.2 Å². The molecule has 1 aromatic carbocycles. The maximum atomic E-state index is 14.5. The zero-order valence-electron chi connectivity index (χ0n) is 17.2. The Morgan fingerprint density at radius 1 is 1.20 bits per heavy atom. The summed E-state index contributed by atoms with van der Waals surface area (Å²) in [6.45, 7) is 7.93. The van der Waals surface area contributed by atoms with Crippen molar-refractivity contribution in [1.29, 1.82) is 0 Å². The van der Waals surface area contributed by atoms with Crippen molar-refractivity contribution in [2.24, 2.45) is 0 Å². The minimum absolute atomic E-state index is 0.0437. The minimum Gasteiger partial charge on any atom is -0.490 e. The van der Waals surface area contributed by atoms with E-state index in [1.807, 2.05) is 13.0 Å². The molecule has 2 aromatic heterocycles. The predicted octanol–water partition coefficient (Wildman–Crippen LogP) is 5.34. The van der Waals surface area contributed by atoms with E-state index in [0.717, 1.165) is 16.9 Å². The number of aryl methyl sites for hydroxylation is 1. The number of aliphatic hydroxyl groups excluding tert-OH is 1. The average Bonchev–Trinajstić information content (AvgIpc) is 3.15. The number of ether oxygens (including phenoxy) is 1. The summed E-state index contributed by atoms with van der Waals surface area (Å²) in [6, 6.07) is 4.99. The fourth-order valence-electron chi connectivity index (χ4n) is 2.71. The molecule has 3 aromatic rings. The normalized spacial score (nSPS) is 12.3. The summed E-state index contributed by atoms with van der Waals surface area (Å²) in [5.74, 6) is 0.329. The van der Waals surface area contributed by atoms with Gasteiger partial charge in [-0.15, -0.1) is 10.2 Å². The summed E-state index contributed by atoms with van der Waals surface area (Å²) in [7, 11) is 0. The first-order chi connectivity index (χ1) is 14.2. The lowest BCUT2D eigenvalue weighted by atomic mass is 10.2. The van der Waals surface area contributed by atoms with Crippen molar-refractivity contribution < 1.29 is 14.2 Å². The van der Waals surface area contributed by atoms with Gasteiger partial charge in [-0.05, 0) is 45.4 Å². The largest absolute Gasteiger partial charge is 0.490 e. The van der Waals surface area contributed by atoms with Gasteiger partial charge in [0, 0.05) is 35.9 Å². The molecule has 0 saturated carbocycles. The van der Waals surface area contributed by atoms with Crippen LogP contribution < -0.4 is 10.1 Å². The molecule has 0 radical (unpaired) electrons. The average molecular weight is 451 g/mol. The Morgan fingerprint density at radius 3 is 2.60 bits per heavy atom. The van der Waals surface area contributed by atoms with Gasteiger partial charge in [0.2, 0.25) is 0 Å². The Balaban J connectivity index is 1.82. The molecule has 0 saturated heterocycles. The second kappa shape index (κ2) is 9.68. The number of halogens is 2. The number of hydrogen-bond donors (Lipinski definition) is 2. The van der Waals surface area contributed by atoms with Crippen molar-refractivity contribution >= 4 is 28.8 Å². The topological polar surface area (TPSA) is 80.2 Å². The molecule has 0 aliphatic heterocycles. The van der Waals surface area contributed by atoms with E-state index in [9.17, 15) is 9.50 Å². The van der Waals surface area contributed by atoms with E-state index in [0.29, 0.717) is 27.0 Å². The number of rotatable bonds is 8. The first-order valence-electron chi connectivity index (χ1n) is 9.62. The standard InChI is InChI=1S/C21H24ClFN4O2S/c1-11(2)25-19-12(3)7-14(10-24-19)20-26-27-21(30-20)15-8-17(23)18(9-16(15)22)29-6-5-13(4)28/h7-11,13,28H,5-6H2,1-4H3,(H,24,25). The highest BCUT2D eigenvalue weighted by Gasteiger charge is 2.17. The number of hydrogen-bond acceptors (Lipinski definition) is 7.